The van der Waals surface area contributed by atoms with Gasteiger partial charge < -0.3 is 31.5 Å². The number of nitrogens with two attached hydrogens (primary N) is 1. The van der Waals surface area contributed by atoms with Gasteiger partial charge in [-0.1, -0.05) is 0 Å². The minimum Gasteiger partial charge on any atom is -0.479 e. The van der Waals surface area contributed by atoms with Gasteiger partial charge in [-0.3, -0.25) is 4.99 Å². The van der Waals surface area contributed by atoms with Crippen LogP contribution in [0.4, 0.5) is 5.69 Å². The summed E-state index contributed by atoms with van der Waals surface area (Å²) in [5.41, 5.74) is 7.47. The number of hydrogen-bond acceptors (Lipinski definition) is 7. The Morgan fingerprint density at radius 1 is 1.09 bits per heavy atom. The van der Waals surface area contributed by atoms with Gasteiger partial charge in [-0.05, 0) is 24.3 Å². The molecule has 1 aliphatic rings. The van der Waals surface area contributed by atoms with Crippen molar-refractivity contribution >= 4 is 23.5 Å². The van der Waals surface area contributed by atoms with Crippen LogP contribution in [0.15, 0.2) is 29.3 Å². The first-order chi connectivity index (χ1) is 10.3. The summed E-state index contributed by atoms with van der Waals surface area (Å²) in [7, 11) is 0. The van der Waals surface area contributed by atoms with Gasteiger partial charge in [0.15, 0.2) is 12.2 Å². The van der Waals surface area contributed by atoms with E-state index in [0.29, 0.717) is 0 Å². The van der Waals surface area contributed by atoms with Crippen molar-refractivity contribution in [2.45, 2.75) is 12.2 Å². The van der Waals surface area contributed by atoms with Crippen molar-refractivity contribution in [1.29, 1.82) is 0 Å². The second kappa shape index (κ2) is 7.96. The monoisotopic (exact) mass is 311 g/mol. The van der Waals surface area contributed by atoms with E-state index in [9.17, 15) is 9.59 Å². The fourth-order valence-corrected chi connectivity index (χ4v) is 1.50. The minimum atomic E-state index is -2.27. The summed E-state index contributed by atoms with van der Waals surface area (Å²) in [5.74, 6) is -2.56. The van der Waals surface area contributed by atoms with Gasteiger partial charge in [-0.25, -0.2) is 9.59 Å². The third-order valence-electron chi connectivity index (χ3n) is 2.66. The molecule has 1 aromatic carbocycles. The Morgan fingerprint density at radius 3 is 1.95 bits per heavy atom. The average molecular weight is 311 g/mol. The van der Waals surface area contributed by atoms with Crippen molar-refractivity contribution < 1.29 is 30.0 Å². The van der Waals surface area contributed by atoms with Crippen molar-refractivity contribution in [2.24, 2.45) is 4.99 Å². The van der Waals surface area contributed by atoms with E-state index in [1.54, 1.807) is 0 Å². The quantitative estimate of drug-likeness (QED) is 0.365. The lowest BCUT2D eigenvalue weighted by Gasteiger charge is -2.07. The summed E-state index contributed by atoms with van der Waals surface area (Å²) in [6.07, 6.45) is -4.53. The zero-order valence-electron chi connectivity index (χ0n) is 11.5. The molecule has 22 heavy (non-hydrogen) atoms. The number of benzene rings is 1. The smallest absolute Gasteiger partial charge is 0.335 e. The predicted molar refractivity (Wildman–Crippen MR) is 77.5 cm³/mol. The first-order valence-electron chi connectivity index (χ1n) is 6.29. The van der Waals surface area contributed by atoms with Crippen LogP contribution in [0, 0.1) is 0 Å². The normalized spacial score (nSPS) is 15.6. The Morgan fingerprint density at radius 2 is 1.59 bits per heavy atom. The molecular formula is C13H17N3O6. The Labute approximate surface area is 125 Å². The number of aliphatic hydroxyl groups excluding tert-OH is 2. The summed E-state index contributed by atoms with van der Waals surface area (Å²) < 4.78 is 0. The maximum atomic E-state index is 9.77. The number of hydrogen-bond donors (Lipinski definition) is 6. The number of aliphatic imine (C=N–C) groups is 1. The van der Waals surface area contributed by atoms with E-state index in [2.05, 4.69) is 10.3 Å². The Kier molecular flexibility index (Phi) is 6.29. The van der Waals surface area contributed by atoms with Crippen LogP contribution in [0.5, 0.6) is 0 Å². The predicted octanol–water partition coefficient (Wildman–Crippen LogP) is -1.50. The highest BCUT2D eigenvalue weighted by Gasteiger charge is 2.29. The number of carboxylic acid groups (broad SMARTS) is 2. The fourth-order valence-electron chi connectivity index (χ4n) is 1.50. The number of aliphatic carboxylic acids is 2. The zero-order chi connectivity index (χ0) is 16.7. The van der Waals surface area contributed by atoms with Crippen molar-refractivity contribution in [3.8, 4) is 0 Å². The van der Waals surface area contributed by atoms with Gasteiger partial charge in [-0.2, -0.15) is 0 Å². The largest absolute Gasteiger partial charge is 0.479 e. The highest BCUT2D eigenvalue weighted by Crippen LogP contribution is 2.07. The molecule has 0 saturated carbocycles. The molecule has 2 atom stereocenters. The van der Waals surface area contributed by atoms with Gasteiger partial charge in [0.2, 0.25) is 0 Å². The molecule has 0 aromatic heterocycles. The lowest BCUT2D eigenvalue weighted by atomic mass is 10.2. The molecule has 120 valence electrons. The highest BCUT2D eigenvalue weighted by molar-refractivity contribution is 5.99. The van der Waals surface area contributed by atoms with Crippen molar-refractivity contribution in [3.05, 3.63) is 29.8 Å². The average Bonchev–Trinajstić information content (AvgIpc) is 3.01. The number of nitrogens with one attached hydrogen (secondary N) is 1. The molecule has 0 spiro atoms. The van der Waals surface area contributed by atoms with E-state index >= 15 is 0 Å². The summed E-state index contributed by atoms with van der Waals surface area (Å²) in [6, 6.07) is 7.73. The molecule has 2 rings (SSSR count). The van der Waals surface area contributed by atoms with Gasteiger partial charge in [-0.15, -0.1) is 0 Å². The first-order valence-corrected chi connectivity index (χ1v) is 6.29. The van der Waals surface area contributed by atoms with E-state index in [-0.39, 0.29) is 0 Å². The molecule has 9 nitrogen and oxygen atoms in total. The SMILES string of the molecule is Nc1ccc(C2=NCCN2)cc1.O=C(O)C(O)C(O)C(=O)O. The van der Waals surface area contributed by atoms with E-state index < -0.39 is 24.1 Å². The van der Waals surface area contributed by atoms with Crippen molar-refractivity contribution in [2.75, 3.05) is 18.8 Å². The van der Waals surface area contributed by atoms with Crippen LogP contribution >= 0.6 is 0 Å². The van der Waals surface area contributed by atoms with Crippen LogP contribution < -0.4 is 11.1 Å². The molecule has 0 fully saturated rings. The molecule has 1 heterocycles. The Balaban J connectivity index is 0.000000225. The molecule has 0 bridgehead atoms. The van der Waals surface area contributed by atoms with Crippen LogP contribution in [0.25, 0.3) is 0 Å². The molecule has 2 unspecified atom stereocenters. The van der Waals surface area contributed by atoms with Gasteiger partial charge >= 0.3 is 11.9 Å². The van der Waals surface area contributed by atoms with E-state index in [0.717, 1.165) is 30.2 Å². The van der Waals surface area contributed by atoms with Crippen LogP contribution in [0.3, 0.4) is 0 Å². The van der Waals surface area contributed by atoms with Gasteiger partial charge in [0.05, 0.1) is 6.54 Å². The fraction of sp³-hybridized carbons (Fsp3) is 0.308. The second-order valence-corrected chi connectivity index (χ2v) is 4.35. The third kappa shape index (κ3) is 5.04. The standard InChI is InChI=1S/C9H11N3.C4H6O6/c10-8-3-1-7(2-4-8)9-11-5-6-12-9;5-1(3(7)8)2(6)4(9)10/h1-4H,5-6,10H2,(H,11,12);1-2,5-6H,(H,7,8)(H,9,10). The Hall–Kier alpha value is -2.65. The summed E-state index contributed by atoms with van der Waals surface area (Å²) in [6.45, 7) is 1.82. The minimum absolute atomic E-state index is 0.789. The van der Waals surface area contributed by atoms with Gasteiger partial charge in [0, 0.05) is 17.8 Å². The molecule has 7 N–H and O–H groups in total. The summed E-state index contributed by atoms with van der Waals surface area (Å²) >= 11 is 0. The molecule has 1 aromatic rings. The van der Waals surface area contributed by atoms with E-state index in [4.69, 9.17) is 26.2 Å². The van der Waals surface area contributed by atoms with Crippen LogP contribution in [-0.2, 0) is 9.59 Å². The van der Waals surface area contributed by atoms with Crippen LogP contribution in [0.2, 0.25) is 0 Å². The van der Waals surface area contributed by atoms with E-state index in [1.807, 2.05) is 24.3 Å². The van der Waals surface area contributed by atoms with Gasteiger partial charge in [0.25, 0.3) is 0 Å². The van der Waals surface area contributed by atoms with E-state index in [1.165, 1.54) is 0 Å². The lowest BCUT2D eigenvalue weighted by Crippen LogP contribution is -2.39. The number of rotatable bonds is 4. The number of anilines is 1. The van der Waals surface area contributed by atoms with Crippen LogP contribution in [-0.4, -0.2) is 63.5 Å². The maximum Gasteiger partial charge on any atom is 0.335 e. The van der Waals surface area contributed by atoms with Crippen molar-refractivity contribution in [1.82, 2.24) is 5.32 Å². The first kappa shape index (κ1) is 17.4. The molecule has 9 heteroatoms. The Bertz CT molecular complexity index is 539. The number of carbonyl (C=O) groups is 2. The number of aliphatic hydroxyl groups is 2. The molecule has 0 aliphatic carbocycles. The second-order valence-electron chi connectivity index (χ2n) is 4.35. The summed E-state index contributed by atoms with van der Waals surface area (Å²) in [5, 5.41) is 35.7. The summed E-state index contributed by atoms with van der Waals surface area (Å²) in [4.78, 5) is 23.8. The third-order valence-corrected chi connectivity index (χ3v) is 2.66. The maximum absolute atomic E-state index is 9.77. The molecule has 0 saturated heterocycles. The zero-order valence-corrected chi connectivity index (χ0v) is 11.5. The van der Waals surface area contributed by atoms with Gasteiger partial charge in [0.1, 0.15) is 5.84 Å². The molecular weight excluding hydrogens is 294 g/mol. The highest BCUT2D eigenvalue weighted by atomic mass is 16.4. The number of carboxylic acids is 2. The van der Waals surface area contributed by atoms with Crippen LogP contribution in [0.1, 0.15) is 5.56 Å². The topological polar surface area (TPSA) is 165 Å². The number of nitrogens with zero attached hydrogens (tertiary/aromatic N) is 1. The molecule has 1 aliphatic heterocycles. The molecule has 0 radical (unpaired) electrons. The number of amidine groups is 1. The number of nitrogen functional groups attached to an aromatic ring is 1. The molecule has 0 amide bonds. The lowest BCUT2D eigenvalue weighted by molar-refractivity contribution is -0.165. The van der Waals surface area contributed by atoms with Crippen molar-refractivity contribution in [3.63, 3.8) is 0 Å².